The number of benzene rings is 1. The van der Waals surface area contributed by atoms with Crippen LogP contribution in [0.25, 0.3) is 0 Å². The fourth-order valence-electron chi connectivity index (χ4n) is 4.97. The molecule has 0 bridgehead atoms. The highest BCUT2D eigenvalue weighted by Crippen LogP contribution is 2.40. The summed E-state index contributed by atoms with van der Waals surface area (Å²) in [4.78, 5) is 20.1. The van der Waals surface area contributed by atoms with Crippen molar-refractivity contribution in [3.05, 3.63) is 47.7 Å². The maximum atomic E-state index is 13.8. The molecule has 2 saturated heterocycles. The highest BCUT2D eigenvalue weighted by atomic mass is 16.5. The molecule has 1 aromatic carbocycles. The van der Waals surface area contributed by atoms with Gasteiger partial charge in [0, 0.05) is 11.8 Å². The van der Waals surface area contributed by atoms with Crippen molar-refractivity contribution >= 4 is 23.1 Å². The summed E-state index contributed by atoms with van der Waals surface area (Å²) >= 11 is 0. The minimum absolute atomic E-state index is 0.0180. The van der Waals surface area contributed by atoms with Gasteiger partial charge < -0.3 is 24.4 Å². The Balaban J connectivity index is 1.44. The van der Waals surface area contributed by atoms with Gasteiger partial charge in [0.1, 0.15) is 11.9 Å². The fraction of sp³-hybridized carbons (Fsp3) is 0.538. The second-order valence-corrected chi connectivity index (χ2v) is 9.56. The van der Waals surface area contributed by atoms with Crippen LogP contribution < -0.4 is 10.2 Å². The number of amides is 1. The maximum Gasteiger partial charge on any atom is 0.256 e. The molecule has 0 saturated carbocycles. The number of anilines is 3. The van der Waals surface area contributed by atoms with Crippen LogP contribution in [-0.4, -0.2) is 41.9 Å². The monoisotopic (exact) mass is 451 g/mol. The molecule has 0 unspecified atom stereocenters. The molecule has 4 atom stereocenters. The molecule has 0 radical (unpaired) electrons. The third-order valence-corrected chi connectivity index (χ3v) is 6.63. The van der Waals surface area contributed by atoms with Crippen LogP contribution in [0.2, 0.25) is 0 Å². The lowest BCUT2D eigenvalue weighted by atomic mass is 10.0. The zero-order valence-electron chi connectivity index (χ0n) is 19.6. The maximum absolute atomic E-state index is 13.8. The van der Waals surface area contributed by atoms with Crippen LogP contribution in [0.4, 0.5) is 17.2 Å². The Kier molecular flexibility index (Phi) is 6.36. The molecular weight excluding hydrogens is 418 g/mol. The Labute approximate surface area is 195 Å². The third kappa shape index (κ3) is 4.76. The second-order valence-electron chi connectivity index (χ2n) is 9.56. The molecule has 1 amide bonds. The standard InChI is InChI=1S/C26H33N3O4/c1-16(2)32-20-8-11-24(31-15-20)26(30)29-14-19-5-4-12-27-25(19)28-21-9-7-18(13-22(21)29)23-10-6-17(3)33-23/h4-5,7,9,12-13,16-17,20,23-24H,6,8,10-11,14-15H2,1-3H3,(H,27,28)/t17-,20-,23-,24+/m0/s1. The molecular formula is C26H33N3O4. The van der Waals surface area contributed by atoms with Gasteiger partial charge in [-0.1, -0.05) is 12.1 Å². The van der Waals surface area contributed by atoms with Gasteiger partial charge in [-0.15, -0.1) is 0 Å². The first-order valence-electron chi connectivity index (χ1n) is 12.1. The number of nitrogens with zero attached hydrogens (tertiary/aromatic N) is 2. The summed E-state index contributed by atoms with van der Waals surface area (Å²) in [5, 5.41) is 3.44. The van der Waals surface area contributed by atoms with Gasteiger partial charge in [-0.2, -0.15) is 0 Å². The molecule has 2 fully saturated rings. The van der Waals surface area contributed by atoms with Gasteiger partial charge in [-0.3, -0.25) is 4.79 Å². The molecule has 3 aliphatic heterocycles. The SMILES string of the molecule is CC(C)O[C@H]1CC[C@H](C(=O)N2Cc3cccnc3Nc3ccc([C@@H]4CC[C@H](C)O4)cc32)OC1. The Morgan fingerprint density at radius 3 is 2.82 bits per heavy atom. The zero-order valence-corrected chi connectivity index (χ0v) is 19.6. The van der Waals surface area contributed by atoms with Gasteiger partial charge >= 0.3 is 0 Å². The normalized spacial score (nSPS) is 27.0. The second kappa shape index (κ2) is 9.41. The van der Waals surface area contributed by atoms with Crippen LogP contribution in [0.5, 0.6) is 0 Å². The van der Waals surface area contributed by atoms with Crippen molar-refractivity contribution in [2.24, 2.45) is 0 Å². The van der Waals surface area contributed by atoms with E-state index in [1.54, 1.807) is 6.20 Å². The molecule has 176 valence electrons. The van der Waals surface area contributed by atoms with Crippen molar-refractivity contribution in [1.29, 1.82) is 0 Å². The molecule has 33 heavy (non-hydrogen) atoms. The number of pyridine rings is 1. The van der Waals surface area contributed by atoms with Crippen LogP contribution in [-0.2, 0) is 25.5 Å². The van der Waals surface area contributed by atoms with Crippen LogP contribution in [0.3, 0.4) is 0 Å². The van der Waals surface area contributed by atoms with Crippen molar-refractivity contribution in [1.82, 2.24) is 4.98 Å². The lowest BCUT2D eigenvalue weighted by molar-refractivity contribution is -0.143. The zero-order chi connectivity index (χ0) is 22.9. The number of nitrogens with one attached hydrogen (secondary N) is 1. The van der Waals surface area contributed by atoms with Gasteiger partial charge in [0.05, 0.1) is 48.9 Å². The van der Waals surface area contributed by atoms with E-state index in [1.165, 1.54) is 0 Å². The summed E-state index contributed by atoms with van der Waals surface area (Å²) in [6, 6.07) is 10.1. The number of aromatic nitrogens is 1. The molecule has 7 heteroatoms. The van der Waals surface area contributed by atoms with E-state index in [0.717, 1.165) is 47.6 Å². The predicted octanol–water partition coefficient (Wildman–Crippen LogP) is 4.88. The molecule has 3 aliphatic rings. The number of ether oxygens (including phenoxy) is 3. The number of rotatable bonds is 4. The number of hydrogen-bond donors (Lipinski definition) is 1. The van der Waals surface area contributed by atoms with E-state index in [-0.39, 0.29) is 30.3 Å². The van der Waals surface area contributed by atoms with E-state index in [4.69, 9.17) is 14.2 Å². The first-order valence-corrected chi connectivity index (χ1v) is 12.1. The van der Waals surface area contributed by atoms with E-state index in [0.29, 0.717) is 19.6 Å². The Bertz CT molecular complexity index is 1000. The highest BCUT2D eigenvalue weighted by molar-refractivity contribution is 6.01. The van der Waals surface area contributed by atoms with Crippen LogP contribution in [0.15, 0.2) is 36.5 Å². The molecule has 5 rings (SSSR count). The van der Waals surface area contributed by atoms with Gasteiger partial charge in [-0.25, -0.2) is 4.98 Å². The van der Waals surface area contributed by atoms with E-state index >= 15 is 0 Å². The molecule has 1 aromatic heterocycles. The highest BCUT2D eigenvalue weighted by Gasteiger charge is 2.35. The van der Waals surface area contributed by atoms with Crippen LogP contribution in [0.1, 0.15) is 63.7 Å². The quantitative estimate of drug-likeness (QED) is 0.714. The summed E-state index contributed by atoms with van der Waals surface area (Å²) in [5.41, 5.74) is 3.80. The van der Waals surface area contributed by atoms with Crippen LogP contribution >= 0.6 is 0 Å². The minimum Gasteiger partial charge on any atom is -0.373 e. The van der Waals surface area contributed by atoms with E-state index < -0.39 is 6.10 Å². The van der Waals surface area contributed by atoms with Crippen molar-refractivity contribution in [3.8, 4) is 0 Å². The number of carbonyl (C=O) groups excluding carboxylic acids is 1. The molecule has 0 aliphatic carbocycles. The van der Waals surface area contributed by atoms with Gasteiger partial charge in [-0.05, 0) is 70.2 Å². The Morgan fingerprint density at radius 2 is 2.09 bits per heavy atom. The molecule has 0 spiro atoms. The van der Waals surface area contributed by atoms with Gasteiger partial charge in [0.2, 0.25) is 0 Å². The van der Waals surface area contributed by atoms with E-state index in [1.807, 2.05) is 36.9 Å². The Morgan fingerprint density at radius 1 is 1.21 bits per heavy atom. The largest absolute Gasteiger partial charge is 0.373 e. The average Bonchev–Trinajstić information content (AvgIpc) is 3.17. The van der Waals surface area contributed by atoms with Crippen molar-refractivity contribution in [2.45, 2.75) is 83.5 Å². The molecule has 2 aromatic rings. The predicted molar refractivity (Wildman–Crippen MR) is 127 cm³/mol. The number of carbonyl (C=O) groups is 1. The van der Waals surface area contributed by atoms with Gasteiger partial charge in [0.25, 0.3) is 5.91 Å². The lowest BCUT2D eigenvalue weighted by Crippen LogP contribution is -2.44. The number of fused-ring (bicyclic) bond motifs is 2. The minimum atomic E-state index is -0.477. The molecule has 7 nitrogen and oxygen atoms in total. The average molecular weight is 452 g/mol. The van der Waals surface area contributed by atoms with Crippen molar-refractivity contribution in [3.63, 3.8) is 0 Å². The summed E-state index contributed by atoms with van der Waals surface area (Å²) in [7, 11) is 0. The topological polar surface area (TPSA) is 72.9 Å². The molecule has 4 heterocycles. The fourth-order valence-corrected chi connectivity index (χ4v) is 4.97. The van der Waals surface area contributed by atoms with Gasteiger partial charge in [0.15, 0.2) is 0 Å². The lowest BCUT2D eigenvalue weighted by Gasteiger charge is -2.33. The summed E-state index contributed by atoms with van der Waals surface area (Å²) in [5.74, 6) is 0.762. The molecule has 1 N–H and O–H groups in total. The summed E-state index contributed by atoms with van der Waals surface area (Å²) in [6.45, 7) is 7.05. The van der Waals surface area contributed by atoms with E-state index in [9.17, 15) is 4.79 Å². The first-order chi connectivity index (χ1) is 16.0. The smallest absolute Gasteiger partial charge is 0.256 e. The third-order valence-electron chi connectivity index (χ3n) is 6.63. The summed E-state index contributed by atoms with van der Waals surface area (Å²) < 4.78 is 18.0. The van der Waals surface area contributed by atoms with Crippen molar-refractivity contribution < 1.29 is 19.0 Å². The van der Waals surface area contributed by atoms with E-state index in [2.05, 4.69) is 29.4 Å². The first kappa shape index (κ1) is 22.3. The summed E-state index contributed by atoms with van der Waals surface area (Å²) in [6.07, 6.45) is 5.32. The van der Waals surface area contributed by atoms with Crippen molar-refractivity contribution in [2.75, 3.05) is 16.8 Å². The number of hydrogen-bond acceptors (Lipinski definition) is 6. The Hall–Kier alpha value is -2.48. The van der Waals surface area contributed by atoms with Crippen LogP contribution in [0, 0.1) is 0 Å².